The van der Waals surface area contributed by atoms with Gasteiger partial charge >= 0.3 is 5.97 Å². The summed E-state index contributed by atoms with van der Waals surface area (Å²) < 4.78 is 0. The number of carboxylic acid groups (broad SMARTS) is 1. The maximum atomic E-state index is 13.2. The molecule has 0 saturated heterocycles. The summed E-state index contributed by atoms with van der Waals surface area (Å²) in [4.78, 5) is 38.4. The molecule has 3 aromatic rings. The number of aliphatic carboxylic acids is 1. The first-order chi connectivity index (χ1) is 17.9. The summed E-state index contributed by atoms with van der Waals surface area (Å²) in [5, 5.41) is 15.9. The highest BCUT2D eigenvalue weighted by molar-refractivity contribution is 6.38. The zero-order valence-electron chi connectivity index (χ0n) is 21.3. The molecule has 0 spiro atoms. The Balaban J connectivity index is 1.76. The molecule has 0 fully saturated rings. The van der Waals surface area contributed by atoms with Gasteiger partial charge in [-0.3, -0.25) is 14.4 Å². The molecule has 1 heterocycles. The number of anilines is 3. The molecule has 3 aromatic carbocycles. The number of halogens is 1. The van der Waals surface area contributed by atoms with Crippen molar-refractivity contribution in [2.45, 2.75) is 32.2 Å². The number of hydrogen-bond acceptors (Lipinski definition) is 5. The van der Waals surface area contributed by atoms with Crippen LogP contribution in [-0.2, 0) is 20.8 Å². The van der Waals surface area contributed by atoms with Crippen molar-refractivity contribution in [3.05, 3.63) is 88.4 Å². The average Bonchev–Trinajstić information content (AvgIpc) is 3.19. The zero-order chi connectivity index (χ0) is 27.6. The highest BCUT2D eigenvalue weighted by Crippen LogP contribution is 2.39. The fourth-order valence-corrected chi connectivity index (χ4v) is 4.44. The van der Waals surface area contributed by atoms with Crippen LogP contribution in [-0.4, -0.2) is 35.5 Å². The molecule has 1 aliphatic heterocycles. The van der Waals surface area contributed by atoms with E-state index in [1.165, 1.54) is 4.90 Å². The lowest BCUT2D eigenvalue weighted by Crippen LogP contribution is -2.49. The SMILES string of the molecule is CN(C(=O)C(C)(C)N)c1ccc(N/C(=C2\C(=O)Nc3cc(Cl)ccc32)c2cccc(CCC(=O)O)c2)cc1. The van der Waals surface area contributed by atoms with Gasteiger partial charge in [0.1, 0.15) is 0 Å². The van der Waals surface area contributed by atoms with Crippen LogP contribution in [0.2, 0.25) is 5.02 Å². The summed E-state index contributed by atoms with van der Waals surface area (Å²) in [6.45, 7) is 3.31. The third kappa shape index (κ3) is 5.88. The van der Waals surface area contributed by atoms with E-state index in [-0.39, 0.29) is 18.2 Å². The summed E-state index contributed by atoms with van der Waals surface area (Å²) in [5.74, 6) is -1.39. The first-order valence-electron chi connectivity index (χ1n) is 12.0. The van der Waals surface area contributed by atoms with Crippen LogP contribution in [0.15, 0.2) is 66.7 Å². The standard InChI is InChI=1S/C29H29ClN4O4/c1-29(2,31)28(38)34(3)21-11-9-20(10-12-21)32-26(18-6-4-5-17(15-18)7-14-24(35)36)25-22-13-8-19(30)16-23(22)33-27(25)37/h4-6,8-13,15-16,32H,7,14,31H2,1-3H3,(H,33,37)(H,35,36)/b26-25-. The molecule has 0 atom stereocenters. The Kier molecular flexibility index (Phi) is 7.57. The second-order valence-electron chi connectivity index (χ2n) is 9.75. The number of carbonyl (C=O) groups excluding carboxylic acids is 2. The third-order valence-corrected chi connectivity index (χ3v) is 6.43. The number of carboxylic acids is 1. The van der Waals surface area contributed by atoms with Crippen molar-refractivity contribution in [1.82, 2.24) is 0 Å². The second kappa shape index (κ2) is 10.7. The van der Waals surface area contributed by atoms with Crippen LogP contribution in [0.25, 0.3) is 11.3 Å². The van der Waals surface area contributed by atoms with Crippen LogP contribution in [0.1, 0.15) is 37.0 Å². The minimum Gasteiger partial charge on any atom is -0.481 e. The van der Waals surface area contributed by atoms with Gasteiger partial charge in [0.15, 0.2) is 0 Å². The van der Waals surface area contributed by atoms with E-state index in [4.69, 9.17) is 22.4 Å². The maximum absolute atomic E-state index is 13.2. The van der Waals surface area contributed by atoms with E-state index in [1.807, 2.05) is 36.4 Å². The first-order valence-corrected chi connectivity index (χ1v) is 12.4. The van der Waals surface area contributed by atoms with E-state index in [0.29, 0.717) is 45.3 Å². The monoisotopic (exact) mass is 532 g/mol. The number of benzene rings is 3. The van der Waals surface area contributed by atoms with Crippen molar-refractivity contribution in [3.8, 4) is 0 Å². The molecule has 0 radical (unpaired) electrons. The molecular formula is C29H29ClN4O4. The Morgan fingerprint density at radius 3 is 2.45 bits per heavy atom. The fourth-order valence-electron chi connectivity index (χ4n) is 4.27. The van der Waals surface area contributed by atoms with Crippen molar-refractivity contribution < 1.29 is 19.5 Å². The van der Waals surface area contributed by atoms with Crippen molar-refractivity contribution in [2.75, 3.05) is 22.6 Å². The van der Waals surface area contributed by atoms with Crippen LogP contribution in [0.5, 0.6) is 0 Å². The van der Waals surface area contributed by atoms with Gasteiger partial charge in [-0.25, -0.2) is 0 Å². The maximum Gasteiger partial charge on any atom is 0.303 e. The number of likely N-dealkylation sites (N-methyl/N-ethyl adjacent to an activating group) is 1. The third-order valence-electron chi connectivity index (χ3n) is 6.20. The number of nitrogens with two attached hydrogens (primary N) is 1. The van der Waals surface area contributed by atoms with Gasteiger partial charge in [0.2, 0.25) is 5.91 Å². The fraction of sp³-hybridized carbons (Fsp3) is 0.207. The van der Waals surface area contributed by atoms with Gasteiger partial charge in [-0.2, -0.15) is 0 Å². The first kappa shape index (κ1) is 26.9. The van der Waals surface area contributed by atoms with Crippen LogP contribution in [0.3, 0.4) is 0 Å². The highest BCUT2D eigenvalue weighted by Gasteiger charge is 2.29. The molecule has 0 saturated carbocycles. The number of rotatable bonds is 8. The summed E-state index contributed by atoms with van der Waals surface area (Å²) >= 11 is 6.15. The van der Waals surface area contributed by atoms with Crippen LogP contribution in [0, 0.1) is 0 Å². The predicted octanol–water partition coefficient (Wildman–Crippen LogP) is 4.99. The minimum atomic E-state index is -1.01. The Labute approximate surface area is 226 Å². The number of carbonyl (C=O) groups is 3. The Hall–Kier alpha value is -4.14. The number of hydrogen-bond donors (Lipinski definition) is 4. The lowest BCUT2D eigenvalue weighted by molar-refractivity contribution is -0.137. The molecule has 196 valence electrons. The topological polar surface area (TPSA) is 125 Å². The molecule has 4 rings (SSSR count). The summed E-state index contributed by atoms with van der Waals surface area (Å²) in [6, 6.07) is 19.9. The molecule has 0 unspecified atom stereocenters. The van der Waals surface area contributed by atoms with Crippen molar-refractivity contribution in [1.29, 1.82) is 0 Å². The van der Waals surface area contributed by atoms with Gasteiger partial charge < -0.3 is 26.4 Å². The van der Waals surface area contributed by atoms with E-state index in [1.54, 1.807) is 51.2 Å². The summed E-state index contributed by atoms with van der Waals surface area (Å²) in [5.41, 5.74) is 10.2. The quantitative estimate of drug-likeness (QED) is 0.303. The van der Waals surface area contributed by atoms with Gasteiger partial charge in [0, 0.05) is 35.4 Å². The highest BCUT2D eigenvalue weighted by atomic mass is 35.5. The smallest absolute Gasteiger partial charge is 0.303 e. The second-order valence-corrected chi connectivity index (χ2v) is 10.2. The number of nitrogens with zero attached hydrogens (tertiary/aromatic N) is 1. The van der Waals surface area contributed by atoms with E-state index in [0.717, 1.165) is 11.1 Å². The molecule has 5 N–H and O–H groups in total. The molecule has 8 nitrogen and oxygen atoms in total. The predicted molar refractivity (Wildman–Crippen MR) is 151 cm³/mol. The summed E-state index contributed by atoms with van der Waals surface area (Å²) in [6.07, 6.45) is 0.356. The Morgan fingerprint density at radius 1 is 1.08 bits per heavy atom. The zero-order valence-corrected chi connectivity index (χ0v) is 22.1. The van der Waals surface area contributed by atoms with Gasteiger partial charge in [-0.15, -0.1) is 0 Å². The minimum absolute atomic E-state index is 0.00207. The van der Waals surface area contributed by atoms with Gasteiger partial charge in [-0.1, -0.05) is 35.9 Å². The lowest BCUT2D eigenvalue weighted by atomic mass is 9.97. The number of aryl methyl sites for hydroxylation is 1. The number of nitrogens with one attached hydrogen (secondary N) is 2. The lowest BCUT2D eigenvalue weighted by Gasteiger charge is -2.26. The van der Waals surface area contributed by atoms with Gasteiger partial charge in [0.05, 0.1) is 22.5 Å². The van der Waals surface area contributed by atoms with Crippen LogP contribution < -0.4 is 21.3 Å². The van der Waals surface area contributed by atoms with E-state index < -0.39 is 11.5 Å². The molecule has 1 aliphatic rings. The van der Waals surface area contributed by atoms with E-state index >= 15 is 0 Å². The molecule has 0 aliphatic carbocycles. The normalized spacial score (nSPS) is 14.0. The van der Waals surface area contributed by atoms with Gasteiger partial charge in [-0.05, 0) is 73.9 Å². The van der Waals surface area contributed by atoms with E-state index in [9.17, 15) is 14.4 Å². The van der Waals surface area contributed by atoms with Crippen molar-refractivity contribution in [3.63, 3.8) is 0 Å². The Bertz CT molecular complexity index is 1440. The van der Waals surface area contributed by atoms with E-state index in [2.05, 4.69) is 10.6 Å². The number of amides is 2. The summed E-state index contributed by atoms with van der Waals surface area (Å²) in [7, 11) is 1.67. The van der Waals surface area contributed by atoms with Crippen LogP contribution >= 0.6 is 11.6 Å². The van der Waals surface area contributed by atoms with Crippen molar-refractivity contribution >= 4 is 57.7 Å². The molecule has 0 bridgehead atoms. The Morgan fingerprint density at radius 2 is 1.79 bits per heavy atom. The molecular weight excluding hydrogens is 504 g/mol. The molecule has 0 aromatic heterocycles. The molecule has 38 heavy (non-hydrogen) atoms. The van der Waals surface area contributed by atoms with Crippen LogP contribution in [0.4, 0.5) is 17.1 Å². The average molecular weight is 533 g/mol. The largest absolute Gasteiger partial charge is 0.481 e. The molecule has 2 amide bonds. The number of fused-ring (bicyclic) bond motifs is 1. The van der Waals surface area contributed by atoms with Crippen molar-refractivity contribution in [2.24, 2.45) is 5.73 Å². The van der Waals surface area contributed by atoms with Gasteiger partial charge in [0.25, 0.3) is 5.91 Å². The molecule has 9 heteroatoms.